The second-order valence-corrected chi connectivity index (χ2v) is 4.05. The molecule has 1 aliphatic rings. The minimum atomic E-state index is 0.444. The molecule has 1 aromatic heterocycles. The average molecular weight is 222 g/mol. The predicted octanol–water partition coefficient (Wildman–Crippen LogP) is 0.588. The lowest BCUT2D eigenvalue weighted by Gasteiger charge is -2.33. The summed E-state index contributed by atoms with van der Waals surface area (Å²) in [5, 5.41) is 0. The van der Waals surface area contributed by atoms with Crippen LogP contribution in [0.15, 0.2) is 18.3 Å². The van der Waals surface area contributed by atoms with Crippen LogP contribution >= 0.6 is 0 Å². The first-order chi connectivity index (χ1) is 7.81. The molecule has 88 valence electrons. The van der Waals surface area contributed by atoms with Crippen molar-refractivity contribution >= 4 is 5.82 Å². The molecule has 1 aromatic rings. The Labute approximate surface area is 95.6 Å². The number of hydrazine groups is 1. The highest BCUT2D eigenvalue weighted by Crippen LogP contribution is 2.16. The molecule has 2 heterocycles. The van der Waals surface area contributed by atoms with Gasteiger partial charge in [0.15, 0.2) is 0 Å². The lowest BCUT2D eigenvalue weighted by molar-refractivity contribution is -0.00431. The number of hydrogen-bond donors (Lipinski definition) is 2. The van der Waals surface area contributed by atoms with Gasteiger partial charge in [0, 0.05) is 30.9 Å². The molecular weight excluding hydrogens is 204 g/mol. The number of anilines is 1. The van der Waals surface area contributed by atoms with Crippen molar-refractivity contribution in [2.45, 2.75) is 19.5 Å². The van der Waals surface area contributed by atoms with Crippen molar-refractivity contribution in [3.63, 3.8) is 0 Å². The molecule has 3 N–H and O–H groups in total. The Hall–Kier alpha value is -1.17. The summed E-state index contributed by atoms with van der Waals surface area (Å²) in [6, 6.07) is 4.42. The first-order valence-corrected chi connectivity index (χ1v) is 5.53. The molecule has 0 amide bonds. The van der Waals surface area contributed by atoms with Gasteiger partial charge < -0.3 is 10.2 Å². The molecule has 0 spiro atoms. The van der Waals surface area contributed by atoms with Crippen LogP contribution in [-0.4, -0.2) is 35.7 Å². The van der Waals surface area contributed by atoms with E-state index >= 15 is 0 Å². The zero-order chi connectivity index (χ0) is 11.4. The number of nitrogen functional groups attached to an aromatic ring is 1. The van der Waals surface area contributed by atoms with E-state index in [0.29, 0.717) is 6.04 Å². The van der Waals surface area contributed by atoms with Gasteiger partial charge in [-0.3, -0.25) is 4.90 Å². The number of aromatic nitrogens is 1. The second kappa shape index (κ2) is 5.25. The number of pyridine rings is 1. The van der Waals surface area contributed by atoms with E-state index in [-0.39, 0.29) is 0 Å². The van der Waals surface area contributed by atoms with E-state index in [1.165, 1.54) is 0 Å². The lowest BCUT2D eigenvalue weighted by Crippen LogP contribution is -2.43. The maximum absolute atomic E-state index is 5.43. The third-order valence-corrected chi connectivity index (χ3v) is 2.91. The van der Waals surface area contributed by atoms with Gasteiger partial charge in [-0.15, -0.1) is 0 Å². The summed E-state index contributed by atoms with van der Waals surface area (Å²) in [4.78, 5) is 6.57. The van der Waals surface area contributed by atoms with Crippen molar-refractivity contribution in [1.29, 1.82) is 0 Å². The maximum Gasteiger partial charge on any atom is 0.144 e. The number of nitrogens with one attached hydrogen (secondary N) is 1. The summed E-state index contributed by atoms with van der Waals surface area (Å²) < 4.78 is 5.41. The number of ether oxygens (including phenoxy) is 1. The Morgan fingerprint density at radius 2 is 2.56 bits per heavy atom. The standard InChI is InChI=1S/C11H18N4O/c1-9-8-16-6-5-15(9)7-10-3-2-4-13-11(10)14-12/h2-4,9H,5-8,12H2,1H3,(H,13,14). The third-order valence-electron chi connectivity index (χ3n) is 2.91. The Bertz CT molecular complexity index is 345. The first kappa shape index (κ1) is 11.3. The van der Waals surface area contributed by atoms with Crippen LogP contribution in [0.5, 0.6) is 0 Å². The average Bonchev–Trinajstić information content (AvgIpc) is 2.33. The van der Waals surface area contributed by atoms with E-state index in [2.05, 4.69) is 22.2 Å². The Kier molecular flexibility index (Phi) is 3.71. The van der Waals surface area contributed by atoms with Gasteiger partial charge in [-0.2, -0.15) is 0 Å². The van der Waals surface area contributed by atoms with Crippen LogP contribution in [0.1, 0.15) is 12.5 Å². The zero-order valence-corrected chi connectivity index (χ0v) is 9.52. The highest BCUT2D eigenvalue weighted by Gasteiger charge is 2.19. The van der Waals surface area contributed by atoms with Crippen molar-refractivity contribution in [3.05, 3.63) is 23.9 Å². The Morgan fingerprint density at radius 3 is 3.31 bits per heavy atom. The van der Waals surface area contributed by atoms with Crippen LogP contribution in [-0.2, 0) is 11.3 Å². The SMILES string of the molecule is CC1COCCN1Cc1cccnc1NN. The normalized spacial score (nSPS) is 22.0. The number of hydrogen-bond acceptors (Lipinski definition) is 5. The molecule has 5 nitrogen and oxygen atoms in total. The van der Waals surface area contributed by atoms with Crippen LogP contribution in [0.4, 0.5) is 5.82 Å². The van der Waals surface area contributed by atoms with Crippen LogP contribution in [0, 0.1) is 0 Å². The summed E-state index contributed by atoms with van der Waals surface area (Å²) in [6.07, 6.45) is 1.74. The molecular formula is C11H18N4O. The fourth-order valence-electron chi connectivity index (χ4n) is 1.91. The highest BCUT2D eigenvalue weighted by atomic mass is 16.5. The molecule has 0 aliphatic carbocycles. The molecule has 16 heavy (non-hydrogen) atoms. The van der Waals surface area contributed by atoms with Gasteiger partial charge in [-0.1, -0.05) is 6.07 Å². The van der Waals surface area contributed by atoms with Gasteiger partial charge >= 0.3 is 0 Å². The fourth-order valence-corrected chi connectivity index (χ4v) is 1.91. The lowest BCUT2D eigenvalue weighted by atomic mass is 10.2. The molecule has 1 aliphatic heterocycles. The Morgan fingerprint density at radius 1 is 1.69 bits per heavy atom. The van der Waals surface area contributed by atoms with Gasteiger partial charge in [0.25, 0.3) is 0 Å². The second-order valence-electron chi connectivity index (χ2n) is 4.05. The summed E-state index contributed by atoms with van der Waals surface area (Å²) in [5.41, 5.74) is 3.75. The molecule has 1 unspecified atom stereocenters. The zero-order valence-electron chi connectivity index (χ0n) is 9.52. The molecule has 0 radical (unpaired) electrons. The van der Waals surface area contributed by atoms with Crippen molar-refractivity contribution < 1.29 is 4.74 Å². The van der Waals surface area contributed by atoms with Crippen molar-refractivity contribution in [2.75, 3.05) is 25.2 Å². The van der Waals surface area contributed by atoms with Crippen molar-refractivity contribution in [1.82, 2.24) is 9.88 Å². The van der Waals surface area contributed by atoms with E-state index in [1.54, 1.807) is 6.20 Å². The van der Waals surface area contributed by atoms with Crippen LogP contribution in [0.2, 0.25) is 0 Å². The molecule has 5 heteroatoms. The Balaban J connectivity index is 2.07. The number of nitrogens with zero attached hydrogens (tertiary/aromatic N) is 2. The van der Waals surface area contributed by atoms with Gasteiger partial charge in [0.2, 0.25) is 0 Å². The third kappa shape index (κ3) is 2.49. The van der Waals surface area contributed by atoms with Crippen LogP contribution in [0.3, 0.4) is 0 Å². The van der Waals surface area contributed by atoms with E-state index in [4.69, 9.17) is 10.6 Å². The van der Waals surface area contributed by atoms with Gasteiger partial charge in [-0.25, -0.2) is 10.8 Å². The summed E-state index contributed by atoms with van der Waals surface area (Å²) in [5.74, 6) is 6.19. The fraction of sp³-hybridized carbons (Fsp3) is 0.545. The smallest absolute Gasteiger partial charge is 0.144 e. The quantitative estimate of drug-likeness (QED) is 0.579. The summed E-state index contributed by atoms with van der Waals surface area (Å²) in [6.45, 7) is 5.59. The molecule has 0 bridgehead atoms. The van der Waals surface area contributed by atoms with Gasteiger partial charge in [0.1, 0.15) is 5.82 Å². The molecule has 1 atom stereocenters. The molecule has 0 saturated carbocycles. The highest BCUT2D eigenvalue weighted by molar-refractivity contribution is 5.42. The molecule has 1 fully saturated rings. The molecule has 0 aromatic carbocycles. The van der Waals surface area contributed by atoms with E-state index in [9.17, 15) is 0 Å². The number of nitrogens with two attached hydrogens (primary N) is 1. The maximum atomic E-state index is 5.43. The summed E-state index contributed by atoms with van der Waals surface area (Å²) in [7, 11) is 0. The minimum absolute atomic E-state index is 0.444. The number of morpholine rings is 1. The van der Waals surface area contributed by atoms with E-state index in [0.717, 1.165) is 37.7 Å². The first-order valence-electron chi connectivity index (χ1n) is 5.53. The van der Waals surface area contributed by atoms with E-state index < -0.39 is 0 Å². The topological polar surface area (TPSA) is 63.4 Å². The van der Waals surface area contributed by atoms with Crippen LogP contribution < -0.4 is 11.3 Å². The largest absolute Gasteiger partial charge is 0.379 e. The summed E-state index contributed by atoms with van der Waals surface area (Å²) >= 11 is 0. The van der Waals surface area contributed by atoms with Crippen LogP contribution in [0.25, 0.3) is 0 Å². The predicted molar refractivity (Wildman–Crippen MR) is 62.7 cm³/mol. The molecule has 2 rings (SSSR count). The van der Waals surface area contributed by atoms with Gasteiger partial charge in [0.05, 0.1) is 13.2 Å². The van der Waals surface area contributed by atoms with Crippen molar-refractivity contribution in [3.8, 4) is 0 Å². The van der Waals surface area contributed by atoms with Crippen molar-refractivity contribution in [2.24, 2.45) is 5.84 Å². The number of rotatable bonds is 3. The monoisotopic (exact) mass is 222 g/mol. The van der Waals surface area contributed by atoms with E-state index in [1.807, 2.05) is 12.1 Å². The molecule has 1 saturated heterocycles. The van der Waals surface area contributed by atoms with Gasteiger partial charge in [-0.05, 0) is 13.0 Å². The minimum Gasteiger partial charge on any atom is -0.379 e.